The molecule has 0 radical (unpaired) electrons. The van der Waals surface area contributed by atoms with Crippen LogP contribution in [0.25, 0.3) is 0 Å². The summed E-state index contributed by atoms with van der Waals surface area (Å²) in [7, 11) is 3.67. The summed E-state index contributed by atoms with van der Waals surface area (Å²) in [6, 6.07) is 0. The van der Waals surface area contributed by atoms with E-state index >= 15 is 0 Å². The molecule has 0 unspecified atom stereocenters. The van der Waals surface area contributed by atoms with Gasteiger partial charge in [-0.25, -0.2) is 15.0 Å². The average Bonchev–Trinajstić information content (AvgIpc) is 2.89. The Balaban J connectivity index is 1.86. The summed E-state index contributed by atoms with van der Waals surface area (Å²) in [6.45, 7) is 5.00. The molecule has 0 bridgehead atoms. The van der Waals surface area contributed by atoms with E-state index in [1.165, 1.54) is 0 Å². The molecule has 0 aliphatic carbocycles. The van der Waals surface area contributed by atoms with Gasteiger partial charge in [-0.2, -0.15) is 0 Å². The van der Waals surface area contributed by atoms with Gasteiger partial charge in [0.15, 0.2) is 0 Å². The van der Waals surface area contributed by atoms with Crippen LogP contribution < -0.4 is 10.2 Å². The Morgan fingerprint density at radius 1 is 1.33 bits per heavy atom. The first kappa shape index (κ1) is 15.8. The predicted octanol–water partition coefficient (Wildman–Crippen LogP) is 1.61. The van der Waals surface area contributed by atoms with Crippen LogP contribution in [0.4, 0.5) is 5.95 Å². The third kappa shape index (κ3) is 5.04. The van der Waals surface area contributed by atoms with Gasteiger partial charge < -0.3 is 15.0 Å². The van der Waals surface area contributed by atoms with E-state index in [4.69, 9.17) is 4.74 Å². The third-order valence-electron chi connectivity index (χ3n) is 2.91. The fourth-order valence-corrected chi connectivity index (χ4v) is 2.44. The molecule has 0 amide bonds. The van der Waals surface area contributed by atoms with Gasteiger partial charge in [0.25, 0.3) is 0 Å². The van der Waals surface area contributed by atoms with Crippen LogP contribution in [0.3, 0.4) is 0 Å². The summed E-state index contributed by atoms with van der Waals surface area (Å²) in [4.78, 5) is 15.2. The molecule has 2 aromatic rings. The molecule has 1 N–H and O–H groups in total. The van der Waals surface area contributed by atoms with Crippen molar-refractivity contribution in [1.82, 2.24) is 20.3 Å². The quantitative estimate of drug-likeness (QED) is 0.748. The van der Waals surface area contributed by atoms with Crippen molar-refractivity contribution in [2.45, 2.75) is 20.0 Å². The van der Waals surface area contributed by atoms with Gasteiger partial charge >= 0.3 is 0 Å². The summed E-state index contributed by atoms with van der Waals surface area (Å²) >= 11 is 1.66. The van der Waals surface area contributed by atoms with Crippen LogP contribution >= 0.6 is 11.3 Å². The van der Waals surface area contributed by atoms with Crippen molar-refractivity contribution in [3.8, 4) is 0 Å². The first-order chi connectivity index (χ1) is 10.2. The lowest BCUT2D eigenvalue weighted by atomic mass is 10.3. The summed E-state index contributed by atoms with van der Waals surface area (Å²) < 4.78 is 4.98. The Morgan fingerprint density at radius 3 is 2.71 bits per heavy atom. The van der Waals surface area contributed by atoms with Crippen molar-refractivity contribution in [3.63, 3.8) is 0 Å². The SMILES string of the molecule is COCCNCc1cnc(N(C)Cc2csc(C)n2)nc1. The molecular formula is C14H21N5OS. The fraction of sp³-hybridized carbons (Fsp3) is 0.500. The zero-order valence-electron chi connectivity index (χ0n) is 12.7. The van der Waals surface area contributed by atoms with Crippen molar-refractivity contribution >= 4 is 17.3 Å². The molecule has 0 aromatic carbocycles. The second-order valence-electron chi connectivity index (χ2n) is 4.77. The molecule has 114 valence electrons. The molecule has 7 heteroatoms. The fourth-order valence-electron chi connectivity index (χ4n) is 1.84. The van der Waals surface area contributed by atoms with Crippen LogP contribution in [0.2, 0.25) is 0 Å². The van der Waals surface area contributed by atoms with Gasteiger partial charge in [0.05, 0.1) is 23.9 Å². The highest BCUT2D eigenvalue weighted by Crippen LogP contribution is 2.13. The number of thiazole rings is 1. The second-order valence-corrected chi connectivity index (χ2v) is 5.84. The Hall–Kier alpha value is -1.57. The van der Waals surface area contributed by atoms with Crippen LogP contribution in [-0.4, -0.2) is 42.3 Å². The Labute approximate surface area is 129 Å². The van der Waals surface area contributed by atoms with Gasteiger partial charge in [-0.15, -0.1) is 11.3 Å². The highest BCUT2D eigenvalue weighted by Gasteiger charge is 2.07. The second kappa shape index (κ2) is 8.02. The summed E-state index contributed by atoms with van der Waals surface area (Å²) in [5.41, 5.74) is 2.11. The maximum Gasteiger partial charge on any atom is 0.225 e. The molecular weight excluding hydrogens is 286 g/mol. The summed E-state index contributed by atoms with van der Waals surface area (Å²) in [5, 5.41) is 6.42. The van der Waals surface area contributed by atoms with E-state index in [1.54, 1.807) is 18.4 Å². The summed E-state index contributed by atoms with van der Waals surface area (Å²) in [6.07, 6.45) is 3.70. The monoisotopic (exact) mass is 307 g/mol. The number of rotatable bonds is 8. The molecule has 2 heterocycles. The number of hydrogen-bond acceptors (Lipinski definition) is 7. The topological polar surface area (TPSA) is 63.2 Å². The highest BCUT2D eigenvalue weighted by atomic mass is 32.1. The molecule has 0 atom stereocenters. The molecule has 2 rings (SSSR count). The molecule has 0 aliphatic rings. The van der Waals surface area contributed by atoms with Crippen molar-refractivity contribution in [1.29, 1.82) is 0 Å². The highest BCUT2D eigenvalue weighted by molar-refractivity contribution is 7.09. The third-order valence-corrected chi connectivity index (χ3v) is 3.73. The van der Waals surface area contributed by atoms with E-state index in [-0.39, 0.29) is 0 Å². The number of ether oxygens (including phenoxy) is 1. The van der Waals surface area contributed by atoms with E-state index in [1.807, 2.05) is 31.3 Å². The van der Waals surface area contributed by atoms with Crippen LogP contribution in [0.1, 0.15) is 16.3 Å². The smallest absolute Gasteiger partial charge is 0.225 e. The Kier molecular flexibility index (Phi) is 6.04. The molecule has 0 fully saturated rings. The number of anilines is 1. The van der Waals surface area contributed by atoms with Crippen molar-refractivity contribution < 1.29 is 4.74 Å². The van der Waals surface area contributed by atoms with Gasteiger partial charge in [-0.3, -0.25) is 0 Å². The normalized spacial score (nSPS) is 10.8. The van der Waals surface area contributed by atoms with Crippen molar-refractivity contribution in [3.05, 3.63) is 34.0 Å². The van der Waals surface area contributed by atoms with Gasteiger partial charge in [0.1, 0.15) is 0 Å². The van der Waals surface area contributed by atoms with Gasteiger partial charge in [-0.05, 0) is 6.92 Å². The minimum atomic E-state index is 0.703. The zero-order valence-corrected chi connectivity index (χ0v) is 13.5. The first-order valence-electron chi connectivity index (χ1n) is 6.81. The molecule has 0 saturated heterocycles. The van der Waals surface area contributed by atoms with E-state index < -0.39 is 0 Å². The standard InChI is InChI=1S/C14H21N5OS/c1-11-18-13(10-21-11)9-19(2)14-16-7-12(8-17-14)6-15-4-5-20-3/h7-8,10,15H,4-6,9H2,1-3H3. The van der Waals surface area contributed by atoms with Crippen molar-refractivity contribution in [2.24, 2.45) is 0 Å². The number of aryl methyl sites for hydroxylation is 1. The molecule has 0 saturated carbocycles. The Morgan fingerprint density at radius 2 is 2.10 bits per heavy atom. The molecule has 0 spiro atoms. The van der Waals surface area contributed by atoms with Gasteiger partial charge in [0, 0.05) is 50.6 Å². The summed E-state index contributed by atoms with van der Waals surface area (Å²) in [5.74, 6) is 0.710. The minimum Gasteiger partial charge on any atom is -0.383 e. The Bertz CT molecular complexity index is 543. The number of nitrogens with zero attached hydrogens (tertiary/aromatic N) is 4. The van der Waals surface area contributed by atoms with E-state index in [2.05, 4.69) is 25.6 Å². The largest absolute Gasteiger partial charge is 0.383 e. The minimum absolute atomic E-state index is 0.703. The van der Waals surface area contributed by atoms with Gasteiger partial charge in [-0.1, -0.05) is 0 Å². The maximum atomic E-state index is 4.98. The van der Waals surface area contributed by atoms with E-state index in [0.717, 1.165) is 35.9 Å². The van der Waals surface area contributed by atoms with Crippen LogP contribution in [0.15, 0.2) is 17.8 Å². The molecule has 2 aromatic heterocycles. The van der Waals surface area contributed by atoms with Crippen LogP contribution in [-0.2, 0) is 17.8 Å². The number of aromatic nitrogens is 3. The maximum absolute atomic E-state index is 4.98. The lowest BCUT2D eigenvalue weighted by Gasteiger charge is -2.15. The predicted molar refractivity (Wildman–Crippen MR) is 84.6 cm³/mol. The first-order valence-corrected chi connectivity index (χ1v) is 7.69. The van der Waals surface area contributed by atoms with Gasteiger partial charge in [0.2, 0.25) is 5.95 Å². The van der Waals surface area contributed by atoms with Crippen LogP contribution in [0.5, 0.6) is 0 Å². The lowest BCUT2D eigenvalue weighted by molar-refractivity contribution is 0.199. The zero-order chi connectivity index (χ0) is 15.1. The number of nitrogens with one attached hydrogen (secondary N) is 1. The van der Waals surface area contributed by atoms with Crippen LogP contribution in [0, 0.1) is 6.92 Å². The lowest BCUT2D eigenvalue weighted by Crippen LogP contribution is -2.21. The molecule has 0 aliphatic heterocycles. The van der Waals surface area contributed by atoms with Crippen molar-refractivity contribution in [2.75, 3.05) is 32.2 Å². The van der Waals surface area contributed by atoms with E-state index in [0.29, 0.717) is 12.6 Å². The average molecular weight is 307 g/mol. The number of hydrogen-bond donors (Lipinski definition) is 1. The number of methoxy groups -OCH3 is 1. The molecule has 6 nitrogen and oxygen atoms in total. The van der Waals surface area contributed by atoms with E-state index in [9.17, 15) is 0 Å². The molecule has 21 heavy (non-hydrogen) atoms.